The van der Waals surface area contributed by atoms with Gasteiger partial charge in [-0.3, -0.25) is 0 Å². The Kier molecular flexibility index (Phi) is 3.25. The van der Waals surface area contributed by atoms with Gasteiger partial charge in [-0.25, -0.2) is 4.99 Å². The number of nitriles is 1. The van der Waals surface area contributed by atoms with Crippen LogP contribution >= 0.6 is 11.3 Å². The number of aryl methyl sites for hydroxylation is 1. The van der Waals surface area contributed by atoms with E-state index in [2.05, 4.69) is 11.1 Å². The molecule has 0 aromatic carbocycles. The summed E-state index contributed by atoms with van der Waals surface area (Å²) in [6.45, 7) is 0. The van der Waals surface area contributed by atoms with Crippen molar-refractivity contribution in [2.45, 2.75) is 25.7 Å². The third-order valence-corrected chi connectivity index (χ3v) is 3.87. The van der Waals surface area contributed by atoms with Gasteiger partial charge in [-0.1, -0.05) is 0 Å². The zero-order valence-corrected chi connectivity index (χ0v) is 10.5. The van der Waals surface area contributed by atoms with Gasteiger partial charge < -0.3 is 4.90 Å². The van der Waals surface area contributed by atoms with E-state index in [1.165, 1.54) is 23.3 Å². The number of fused-ring (bicyclic) bond motifs is 1. The van der Waals surface area contributed by atoms with E-state index in [4.69, 9.17) is 0 Å². The van der Waals surface area contributed by atoms with Crippen LogP contribution in [-0.4, -0.2) is 25.3 Å². The van der Waals surface area contributed by atoms with Gasteiger partial charge in [-0.05, 0) is 31.2 Å². The zero-order valence-electron chi connectivity index (χ0n) is 9.66. The standard InChI is InChI=1S/C12H15N3S/c1-15(2)8-14-12-10(7-13)9-5-3-4-6-11(9)16-12/h8H,3-6H2,1-2H3/b14-8+. The highest BCUT2D eigenvalue weighted by Crippen LogP contribution is 2.39. The maximum Gasteiger partial charge on any atom is 0.136 e. The lowest BCUT2D eigenvalue weighted by atomic mass is 9.96. The van der Waals surface area contributed by atoms with Crippen LogP contribution in [-0.2, 0) is 12.8 Å². The Morgan fingerprint density at radius 2 is 2.12 bits per heavy atom. The largest absolute Gasteiger partial charge is 0.369 e. The van der Waals surface area contributed by atoms with Crippen molar-refractivity contribution in [1.82, 2.24) is 4.90 Å². The third-order valence-electron chi connectivity index (χ3n) is 2.67. The zero-order chi connectivity index (χ0) is 11.5. The van der Waals surface area contributed by atoms with E-state index in [0.29, 0.717) is 0 Å². The summed E-state index contributed by atoms with van der Waals surface area (Å²) in [5, 5.41) is 10.1. The molecule has 0 amide bonds. The maximum atomic E-state index is 9.20. The minimum Gasteiger partial charge on any atom is -0.369 e. The number of hydrogen-bond acceptors (Lipinski definition) is 3. The van der Waals surface area contributed by atoms with Crippen molar-refractivity contribution in [2.24, 2.45) is 4.99 Å². The molecule has 0 atom stereocenters. The van der Waals surface area contributed by atoms with E-state index in [1.54, 1.807) is 17.7 Å². The summed E-state index contributed by atoms with van der Waals surface area (Å²) in [6.07, 6.45) is 6.38. The molecule has 0 aliphatic heterocycles. The molecule has 0 saturated heterocycles. The molecule has 0 bridgehead atoms. The summed E-state index contributed by atoms with van der Waals surface area (Å²) in [5.41, 5.74) is 2.06. The normalized spacial score (nSPS) is 14.8. The first-order valence-corrected chi connectivity index (χ1v) is 6.29. The molecule has 4 heteroatoms. The molecule has 0 unspecified atom stereocenters. The second-order valence-corrected chi connectivity index (χ2v) is 5.29. The van der Waals surface area contributed by atoms with Gasteiger partial charge in [0.2, 0.25) is 0 Å². The van der Waals surface area contributed by atoms with Crippen molar-refractivity contribution >= 4 is 22.7 Å². The quantitative estimate of drug-likeness (QED) is 0.582. The Balaban J connectivity index is 2.39. The highest BCUT2D eigenvalue weighted by atomic mass is 32.1. The Morgan fingerprint density at radius 1 is 1.38 bits per heavy atom. The molecular formula is C12H15N3S. The van der Waals surface area contributed by atoms with Gasteiger partial charge in [0, 0.05) is 19.0 Å². The van der Waals surface area contributed by atoms with Gasteiger partial charge in [0.05, 0.1) is 11.9 Å². The van der Waals surface area contributed by atoms with E-state index in [9.17, 15) is 5.26 Å². The molecule has 3 nitrogen and oxygen atoms in total. The van der Waals surface area contributed by atoms with Crippen LogP contribution in [0.4, 0.5) is 5.00 Å². The van der Waals surface area contributed by atoms with Gasteiger partial charge in [0.15, 0.2) is 0 Å². The molecule has 1 aliphatic rings. The van der Waals surface area contributed by atoms with Crippen molar-refractivity contribution in [1.29, 1.82) is 5.26 Å². The molecule has 2 rings (SSSR count). The maximum absolute atomic E-state index is 9.20. The average molecular weight is 233 g/mol. The molecule has 0 fully saturated rings. The summed E-state index contributed by atoms with van der Waals surface area (Å²) in [4.78, 5) is 7.64. The fourth-order valence-corrected chi connectivity index (χ4v) is 3.10. The van der Waals surface area contributed by atoms with Crippen molar-refractivity contribution in [2.75, 3.05) is 14.1 Å². The Labute approximate surface area is 100 Å². The van der Waals surface area contributed by atoms with Crippen LogP contribution in [0.1, 0.15) is 28.8 Å². The average Bonchev–Trinajstić information content (AvgIpc) is 2.63. The van der Waals surface area contributed by atoms with E-state index in [-0.39, 0.29) is 0 Å². The van der Waals surface area contributed by atoms with Gasteiger partial charge in [-0.15, -0.1) is 11.3 Å². The lowest BCUT2D eigenvalue weighted by molar-refractivity contribution is 0.643. The van der Waals surface area contributed by atoms with E-state index in [0.717, 1.165) is 23.4 Å². The first-order valence-electron chi connectivity index (χ1n) is 5.47. The summed E-state index contributed by atoms with van der Waals surface area (Å²) in [6, 6.07) is 2.31. The molecule has 0 saturated carbocycles. The summed E-state index contributed by atoms with van der Waals surface area (Å²) in [7, 11) is 3.87. The lowest BCUT2D eigenvalue weighted by Gasteiger charge is -2.09. The first kappa shape index (κ1) is 11.2. The predicted octanol–water partition coefficient (Wildman–Crippen LogP) is 2.72. The molecule has 84 valence electrons. The Hall–Kier alpha value is -1.34. The predicted molar refractivity (Wildman–Crippen MR) is 67.5 cm³/mol. The number of nitrogens with zero attached hydrogens (tertiary/aromatic N) is 3. The van der Waals surface area contributed by atoms with Crippen LogP contribution in [0.3, 0.4) is 0 Å². The molecule has 1 aromatic rings. The number of thiophene rings is 1. The Bertz CT molecular complexity index is 452. The van der Waals surface area contributed by atoms with Crippen LogP contribution in [0.25, 0.3) is 0 Å². The van der Waals surface area contributed by atoms with Crippen LogP contribution < -0.4 is 0 Å². The topological polar surface area (TPSA) is 39.4 Å². The first-order chi connectivity index (χ1) is 7.72. The van der Waals surface area contributed by atoms with Crippen LogP contribution in [0.5, 0.6) is 0 Å². The molecule has 1 aromatic heterocycles. The van der Waals surface area contributed by atoms with Gasteiger partial charge in [0.1, 0.15) is 11.1 Å². The summed E-state index contributed by atoms with van der Waals surface area (Å²) in [5.74, 6) is 0. The number of rotatable bonds is 2. The fraction of sp³-hybridized carbons (Fsp3) is 0.500. The lowest BCUT2D eigenvalue weighted by Crippen LogP contribution is -2.06. The third kappa shape index (κ3) is 2.10. The SMILES string of the molecule is CN(C)/C=N/c1sc2c(c1C#N)CCCC2. The van der Waals surface area contributed by atoms with Crippen molar-refractivity contribution in [3.63, 3.8) is 0 Å². The second kappa shape index (κ2) is 4.67. The molecule has 1 aliphatic carbocycles. The minimum absolute atomic E-state index is 0.804. The molecule has 0 N–H and O–H groups in total. The van der Waals surface area contributed by atoms with Gasteiger partial charge >= 0.3 is 0 Å². The van der Waals surface area contributed by atoms with Crippen LogP contribution in [0.15, 0.2) is 4.99 Å². The van der Waals surface area contributed by atoms with Crippen molar-refractivity contribution in [3.05, 3.63) is 16.0 Å². The molecular weight excluding hydrogens is 218 g/mol. The molecule has 0 radical (unpaired) electrons. The molecule has 1 heterocycles. The van der Waals surface area contributed by atoms with Crippen LogP contribution in [0, 0.1) is 11.3 Å². The highest BCUT2D eigenvalue weighted by Gasteiger charge is 2.19. The number of aliphatic imine (C=N–C) groups is 1. The van der Waals surface area contributed by atoms with Gasteiger partial charge in [-0.2, -0.15) is 5.26 Å². The van der Waals surface area contributed by atoms with Gasteiger partial charge in [0.25, 0.3) is 0 Å². The fourth-order valence-electron chi connectivity index (χ4n) is 1.93. The Morgan fingerprint density at radius 3 is 2.81 bits per heavy atom. The monoisotopic (exact) mass is 233 g/mol. The second-order valence-electron chi connectivity index (χ2n) is 4.21. The molecule has 0 spiro atoms. The van der Waals surface area contributed by atoms with E-state index in [1.807, 2.05) is 19.0 Å². The number of hydrogen-bond donors (Lipinski definition) is 0. The van der Waals surface area contributed by atoms with Crippen molar-refractivity contribution < 1.29 is 0 Å². The minimum atomic E-state index is 0.804. The van der Waals surface area contributed by atoms with E-state index >= 15 is 0 Å². The van der Waals surface area contributed by atoms with E-state index < -0.39 is 0 Å². The van der Waals surface area contributed by atoms with Crippen LogP contribution in [0.2, 0.25) is 0 Å². The smallest absolute Gasteiger partial charge is 0.136 e. The summed E-state index contributed by atoms with van der Waals surface area (Å²) < 4.78 is 0. The highest BCUT2D eigenvalue weighted by molar-refractivity contribution is 7.16. The van der Waals surface area contributed by atoms with Crippen molar-refractivity contribution in [3.8, 4) is 6.07 Å². The summed E-state index contributed by atoms with van der Waals surface area (Å²) >= 11 is 1.68. The molecule has 16 heavy (non-hydrogen) atoms.